The minimum Gasteiger partial charge on any atom is -0.381 e. The van der Waals surface area contributed by atoms with Crippen LogP contribution in [0.2, 0.25) is 0 Å². The average Bonchev–Trinajstić information content (AvgIpc) is 2.40. The molecule has 0 saturated heterocycles. The van der Waals surface area contributed by atoms with Crippen LogP contribution in [-0.2, 0) is 17.3 Å². The number of benzene rings is 2. The van der Waals surface area contributed by atoms with Crippen molar-refractivity contribution in [2.24, 2.45) is 0 Å². The van der Waals surface area contributed by atoms with Crippen LogP contribution in [0, 0.1) is 5.82 Å². The second kappa shape index (κ2) is 6.30. The Labute approximate surface area is 122 Å². The molecule has 5 heteroatoms. The van der Waals surface area contributed by atoms with Crippen molar-refractivity contribution in [3.63, 3.8) is 0 Å². The summed E-state index contributed by atoms with van der Waals surface area (Å²) in [6.07, 6.45) is 1.65. The second-order valence-corrected chi connectivity index (χ2v) is 6.32. The number of hydrogen-bond donors (Lipinski definition) is 1. The van der Waals surface area contributed by atoms with Crippen molar-refractivity contribution >= 4 is 32.4 Å². The van der Waals surface area contributed by atoms with E-state index in [1.165, 1.54) is 6.07 Å². The zero-order valence-electron chi connectivity index (χ0n) is 10.3. The highest BCUT2D eigenvalue weighted by molar-refractivity contribution is 9.10. The molecule has 0 aliphatic carbocycles. The minimum absolute atomic E-state index is 0.271. The standard InChI is InChI=1S/C14H13BrFNOS/c1-19(18)12-4-2-3-11(8-12)17-9-10-5-6-14(16)13(15)7-10/h2-8,17H,9H2,1H3/t19-/m0/s1. The van der Waals surface area contributed by atoms with E-state index in [9.17, 15) is 8.60 Å². The lowest BCUT2D eigenvalue weighted by atomic mass is 10.2. The molecule has 0 unspecified atom stereocenters. The third kappa shape index (κ3) is 3.88. The van der Waals surface area contributed by atoms with Crippen molar-refractivity contribution in [3.8, 4) is 0 Å². The number of anilines is 1. The van der Waals surface area contributed by atoms with Crippen LogP contribution in [0.4, 0.5) is 10.1 Å². The van der Waals surface area contributed by atoms with E-state index in [1.54, 1.807) is 18.4 Å². The molecule has 0 fully saturated rings. The van der Waals surface area contributed by atoms with Gasteiger partial charge in [-0.15, -0.1) is 0 Å². The van der Waals surface area contributed by atoms with Gasteiger partial charge >= 0.3 is 0 Å². The van der Waals surface area contributed by atoms with Gasteiger partial charge in [0.25, 0.3) is 0 Å². The second-order valence-electron chi connectivity index (χ2n) is 4.08. The van der Waals surface area contributed by atoms with E-state index >= 15 is 0 Å². The summed E-state index contributed by atoms with van der Waals surface area (Å²) >= 11 is 3.16. The fraction of sp³-hybridized carbons (Fsp3) is 0.143. The lowest BCUT2D eigenvalue weighted by Gasteiger charge is -2.08. The summed E-state index contributed by atoms with van der Waals surface area (Å²) in [6, 6.07) is 12.4. The van der Waals surface area contributed by atoms with Gasteiger partial charge in [-0.2, -0.15) is 0 Å². The predicted molar refractivity (Wildman–Crippen MR) is 80.2 cm³/mol. The fourth-order valence-electron chi connectivity index (χ4n) is 1.64. The van der Waals surface area contributed by atoms with Crippen molar-refractivity contribution < 1.29 is 8.60 Å². The van der Waals surface area contributed by atoms with E-state index in [1.807, 2.05) is 24.3 Å². The van der Waals surface area contributed by atoms with E-state index < -0.39 is 10.8 Å². The van der Waals surface area contributed by atoms with Gasteiger partial charge in [-0.3, -0.25) is 4.21 Å². The number of halogens is 2. The van der Waals surface area contributed by atoms with Gasteiger partial charge in [0.05, 0.1) is 4.47 Å². The van der Waals surface area contributed by atoms with Crippen LogP contribution >= 0.6 is 15.9 Å². The average molecular weight is 342 g/mol. The SMILES string of the molecule is C[S@](=O)c1cccc(NCc2ccc(F)c(Br)c2)c1. The quantitative estimate of drug-likeness (QED) is 0.912. The minimum atomic E-state index is -0.991. The number of hydrogen-bond acceptors (Lipinski definition) is 2. The van der Waals surface area contributed by atoms with E-state index in [0.717, 1.165) is 16.1 Å². The predicted octanol–water partition coefficient (Wildman–Crippen LogP) is 3.94. The molecule has 0 aliphatic rings. The van der Waals surface area contributed by atoms with E-state index in [2.05, 4.69) is 21.2 Å². The molecule has 1 N–H and O–H groups in total. The van der Waals surface area contributed by atoms with Gasteiger partial charge in [0.15, 0.2) is 0 Å². The summed E-state index contributed by atoms with van der Waals surface area (Å²) in [5, 5.41) is 3.23. The molecule has 0 aliphatic heterocycles. The highest BCUT2D eigenvalue weighted by Gasteiger charge is 2.02. The molecule has 19 heavy (non-hydrogen) atoms. The Balaban J connectivity index is 2.07. The first-order valence-corrected chi connectivity index (χ1v) is 8.02. The van der Waals surface area contributed by atoms with Gasteiger partial charge in [0.1, 0.15) is 5.82 Å². The zero-order chi connectivity index (χ0) is 13.8. The largest absolute Gasteiger partial charge is 0.381 e. The number of rotatable bonds is 4. The normalized spacial score (nSPS) is 12.2. The molecular weight excluding hydrogens is 329 g/mol. The lowest BCUT2D eigenvalue weighted by Crippen LogP contribution is -2.00. The zero-order valence-corrected chi connectivity index (χ0v) is 12.7. The van der Waals surface area contributed by atoms with Crippen LogP contribution in [0.1, 0.15) is 5.56 Å². The third-order valence-corrected chi connectivity index (χ3v) is 4.17. The lowest BCUT2D eigenvalue weighted by molar-refractivity contribution is 0.620. The molecule has 0 aromatic heterocycles. The van der Waals surface area contributed by atoms with Crippen molar-refractivity contribution in [1.82, 2.24) is 0 Å². The van der Waals surface area contributed by atoms with E-state index in [0.29, 0.717) is 11.0 Å². The van der Waals surface area contributed by atoms with Gasteiger partial charge in [-0.25, -0.2) is 4.39 Å². The van der Waals surface area contributed by atoms with Gasteiger partial charge in [-0.05, 0) is 51.8 Å². The summed E-state index contributed by atoms with van der Waals surface area (Å²) in [7, 11) is -0.991. The summed E-state index contributed by atoms with van der Waals surface area (Å²) in [5.74, 6) is -0.271. The molecule has 100 valence electrons. The number of nitrogens with one attached hydrogen (secondary N) is 1. The van der Waals surface area contributed by atoms with Crippen LogP contribution in [0.3, 0.4) is 0 Å². The first kappa shape index (κ1) is 14.2. The maximum atomic E-state index is 13.1. The van der Waals surface area contributed by atoms with Gasteiger partial charge < -0.3 is 5.32 Å². The Morgan fingerprint density at radius 1 is 1.26 bits per heavy atom. The highest BCUT2D eigenvalue weighted by Crippen LogP contribution is 2.18. The summed E-state index contributed by atoms with van der Waals surface area (Å²) in [4.78, 5) is 0.783. The third-order valence-electron chi connectivity index (χ3n) is 2.65. The Hall–Kier alpha value is -1.20. The van der Waals surface area contributed by atoms with Gasteiger partial charge in [0, 0.05) is 34.2 Å². The Kier molecular flexibility index (Phi) is 4.71. The van der Waals surface area contributed by atoms with Crippen LogP contribution in [0.25, 0.3) is 0 Å². The molecular formula is C14H13BrFNOS. The van der Waals surface area contributed by atoms with E-state index in [-0.39, 0.29) is 5.82 Å². The molecule has 2 aromatic rings. The molecule has 2 nitrogen and oxygen atoms in total. The molecule has 2 aromatic carbocycles. The molecule has 0 radical (unpaired) electrons. The Morgan fingerprint density at radius 2 is 2.05 bits per heavy atom. The van der Waals surface area contributed by atoms with Crippen molar-refractivity contribution in [2.45, 2.75) is 11.4 Å². The van der Waals surface area contributed by atoms with Crippen LogP contribution < -0.4 is 5.32 Å². The molecule has 0 saturated carbocycles. The van der Waals surface area contributed by atoms with Crippen molar-refractivity contribution in [1.29, 1.82) is 0 Å². The molecule has 0 bridgehead atoms. The maximum absolute atomic E-state index is 13.1. The Bertz CT molecular complexity index is 618. The maximum Gasteiger partial charge on any atom is 0.137 e. The van der Waals surface area contributed by atoms with Gasteiger partial charge in [0.2, 0.25) is 0 Å². The summed E-state index contributed by atoms with van der Waals surface area (Å²) < 4.78 is 24.9. The van der Waals surface area contributed by atoms with Crippen LogP contribution in [-0.4, -0.2) is 10.5 Å². The molecule has 0 heterocycles. The molecule has 2 rings (SSSR count). The molecule has 1 atom stereocenters. The molecule has 0 amide bonds. The monoisotopic (exact) mass is 341 g/mol. The first-order valence-electron chi connectivity index (χ1n) is 5.67. The van der Waals surface area contributed by atoms with Crippen LogP contribution in [0.15, 0.2) is 51.8 Å². The van der Waals surface area contributed by atoms with Crippen LogP contribution in [0.5, 0.6) is 0 Å². The molecule has 0 spiro atoms. The summed E-state index contributed by atoms with van der Waals surface area (Å²) in [5.41, 5.74) is 1.87. The van der Waals surface area contributed by atoms with Crippen molar-refractivity contribution in [2.75, 3.05) is 11.6 Å². The highest BCUT2D eigenvalue weighted by atomic mass is 79.9. The fourth-order valence-corrected chi connectivity index (χ4v) is 2.63. The topological polar surface area (TPSA) is 29.1 Å². The smallest absolute Gasteiger partial charge is 0.137 e. The Morgan fingerprint density at radius 3 is 2.74 bits per heavy atom. The first-order chi connectivity index (χ1) is 9.06. The van der Waals surface area contributed by atoms with Gasteiger partial charge in [-0.1, -0.05) is 12.1 Å². The van der Waals surface area contributed by atoms with E-state index in [4.69, 9.17) is 0 Å². The van der Waals surface area contributed by atoms with Crippen molar-refractivity contribution in [3.05, 3.63) is 58.3 Å². The summed E-state index contributed by atoms with van der Waals surface area (Å²) in [6.45, 7) is 0.582.